The Labute approximate surface area is 119 Å². The van der Waals surface area contributed by atoms with E-state index >= 15 is 0 Å². The lowest BCUT2D eigenvalue weighted by Gasteiger charge is -2.46. The van der Waals surface area contributed by atoms with Crippen LogP contribution >= 0.6 is 0 Å². The fourth-order valence-electron chi connectivity index (χ4n) is 3.77. The molecule has 0 aromatic rings. The number of hydrogen-bond acceptors (Lipinski definition) is 2. The van der Waals surface area contributed by atoms with Crippen molar-refractivity contribution in [2.24, 2.45) is 0 Å². The summed E-state index contributed by atoms with van der Waals surface area (Å²) in [5.74, 6) is 0.165. The summed E-state index contributed by atoms with van der Waals surface area (Å²) in [4.78, 5) is 11.4. The Morgan fingerprint density at radius 3 is 1.95 bits per heavy atom. The van der Waals surface area contributed by atoms with Crippen molar-refractivity contribution in [2.75, 3.05) is 0 Å². The van der Waals surface area contributed by atoms with E-state index in [1.165, 1.54) is 0 Å². The SMILES string of the molecule is CC(C)[Si](O[C@@H]1CCC(=O)N[C@H]1C)(C(C)C)C(C)C. The van der Waals surface area contributed by atoms with Crippen LogP contribution in [0.3, 0.4) is 0 Å². The quantitative estimate of drug-likeness (QED) is 0.779. The lowest BCUT2D eigenvalue weighted by atomic mass is 10.0. The molecule has 0 spiro atoms. The molecule has 2 atom stereocenters. The molecule has 1 heterocycles. The molecule has 1 aliphatic heterocycles. The molecule has 0 saturated carbocycles. The predicted octanol–water partition coefficient (Wildman–Crippen LogP) is 3.85. The summed E-state index contributed by atoms with van der Waals surface area (Å²) >= 11 is 0. The Balaban J connectivity index is 2.92. The number of carbonyl (C=O) groups is 1. The molecule has 0 aromatic heterocycles. The molecule has 0 radical (unpaired) electrons. The zero-order chi connectivity index (χ0) is 14.8. The maximum absolute atomic E-state index is 11.4. The fourth-order valence-corrected chi connectivity index (χ4v) is 9.44. The van der Waals surface area contributed by atoms with Crippen LogP contribution in [0.5, 0.6) is 0 Å². The van der Waals surface area contributed by atoms with E-state index in [0.29, 0.717) is 23.0 Å². The topological polar surface area (TPSA) is 38.3 Å². The van der Waals surface area contributed by atoms with Gasteiger partial charge in [0.25, 0.3) is 0 Å². The second kappa shape index (κ2) is 6.40. The van der Waals surface area contributed by atoms with Crippen molar-refractivity contribution in [1.82, 2.24) is 5.32 Å². The minimum atomic E-state index is -1.83. The summed E-state index contributed by atoms with van der Waals surface area (Å²) in [5.41, 5.74) is 1.78. The molecule has 0 unspecified atom stereocenters. The van der Waals surface area contributed by atoms with Crippen molar-refractivity contribution in [2.45, 2.75) is 90.1 Å². The molecule has 4 heteroatoms. The lowest BCUT2D eigenvalue weighted by Crippen LogP contribution is -2.56. The minimum Gasteiger partial charge on any atom is -0.411 e. The van der Waals surface area contributed by atoms with Crippen LogP contribution in [0.4, 0.5) is 0 Å². The van der Waals surface area contributed by atoms with Gasteiger partial charge in [0.2, 0.25) is 14.2 Å². The maximum Gasteiger partial charge on any atom is 0.220 e. The average Bonchev–Trinajstić information content (AvgIpc) is 2.26. The molecule has 1 fully saturated rings. The van der Waals surface area contributed by atoms with Crippen LogP contribution < -0.4 is 5.32 Å². The Hall–Kier alpha value is -0.353. The minimum absolute atomic E-state index is 0.143. The number of nitrogens with one attached hydrogen (secondary N) is 1. The lowest BCUT2D eigenvalue weighted by molar-refractivity contribution is -0.125. The third-order valence-corrected chi connectivity index (χ3v) is 10.8. The number of amides is 1. The zero-order valence-electron chi connectivity index (χ0n) is 13.6. The summed E-state index contributed by atoms with van der Waals surface area (Å²) in [7, 11) is -1.83. The molecule has 0 aromatic carbocycles. The van der Waals surface area contributed by atoms with Gasteiger partial charge in [0.1, 0.15) is 0 Å². The van der Waals surface area contributed by atoms with Crippen molar-refractivity contribution in [1.29, 1.82) is 0 Å². The second-order valence-corrected chi connectivity index (χ2v) is 12.3. The van der Waals surface area contributed by atoms with Gasteiger partial charge in [-0.2, -0.15) is 0 Å². The van der Waals surface area contributed by atoms with Crippen molar-refractivity contribution >= 4 is 14.2 Å². The van der Waals surface area contributed by atoms with Crippen molar-refractivity contribution in [3.05, 3.63) is 0 Å². The van der Waals surface area contributed by atoms with Crippen molar-refractivity contribution in [3.8, 4) is 0 Å². The molecule has 1 N–H and O–H groups in total. The summed E-state index contributed by atoms with van der Waals surface area (Å²) in [5, 5.41) is 3.03. The normalized spacial score (nSPS) is 25.3. The number of carbonyl (C=O) groups excluding carboxylic acids is 1. The van der Waals surface area contributed by atoms with Gasteiger partial charge in [-0.15, -0.1) is 0 Å². The Kier molecular flexibility index (Phi) is 5.62. The molecule has 1 amide bonds. The summed E-state index contributed by atoms with van der Waals surface area (Å²) in [6.07, 6.45) is 1.67. The van der Waals surface area contributed by atoms with Crippen LogP contribution in [0.25, 0.3) is 0 Å². The van der Waals surface area contributed by atoms with Crippen molar-refractivity contribution in [3.63, 3.8) is 0 Å². The van der Waals surface area contributed by atoms with E-state index in [0.717, 1.165) is 6.42 Å². The van der Waals surface area contributed by atoms with E-state index in [1.807, 2.05) is 0 Å². The van der Waals surface area contributed by atoms with E-state index in [2.05, 4.69) is 53.8 Å². The predicted molar refractivity (Wildman–Crippen MR) is 82.8 cm³/mol. The average molecular weight is 286 g/mol. The highest BCUT2D eigenvalue weighted by molar-refractivity contribution is 6.77. The first-order valence-electron chi connectivity index (χ1n) is 7.69. The monoisotopic (exact) mass is 285 g/mol. The smallest absolute Gasteiger partial charge is 0.220 e. The van der Waals surface area contributed by atoms with Crippen LogP contribution in [-0.4, -0.2) is 26.4 Å². The highest BCUT2D eigenvalue weighted by Crippen LogP contribution is 2.43. The van der Waals surface area contributed by atoms with E-state index in [4.69, 9.17) is 4.43 Å². The van der Waals surface area contributed by atoms with E-state index < -0.39 is 8.32 Å². The molecule has 112 valence electrons. The zero-order valence-corrected chi connectivity index (χ0v) is 14.6. The third-order valence-electron chi connectivity index (χ3n) is 4.66. The Morgan fingerprint density at radius 2 is 1.58 bits per heavy atom. The first-order valence-corrected chi connectivity index (χ1v) is 9.83. The van der Waals surface area contributed by atoms with Gasteiger partial charge in [0.15, 0.2) is 0 Å². The molecule has 0 aliphatic carbocycles. The van der Waals surface area contributed by atoms with Crippen molar-refractivity contribution < 1.29 is 9.22 Å². The summed E-state index contributed by atoms with van der Waals surface area (Å²) in [6, 6.07) is 0.143. The molecular formula is C15H31NO2Si. The van der Waals surface area contributed by atoms with Crippen LogP contribution in [0.15, 0.2) is 0 Å². The van der Waals surface area contributed by atoms with Gasteiger partial charge in [0.05, 0.1) is 12.1 Å². The van der Waals surface area contributed by atoms with Crippen LogP contribution in [0.1, 0.15) is 61.3 Å². The highest BCUT2D eigenvalue weighted by Gasteiger charge is 2.47. The van der Waals surface area contributed by atoms with E-state index in [-0.39, 0.29) is 18.1 Å². The molecule has 3 nitrogen and oxygen atoms in total. The first kappa shape index (κ1) is 16.7. The number of rotatable bonds is 5. The molecule has 1 aliphatic rings. The van der Waals surface area contributed by atoms with Gasteiger partial charge in [-0.25, -0.2) is 0 Å². The number of piperidine rings is 1. The molecule has 1 saturated heterocycles. The van der Waals surface area contributed by atoms with Gasteiger partial charge >= 0.3 is 0 Å². The van der Waals surface area contributed by atoms with Gasteiger partial charge in [-0.3, -0.25) is 4.79 Å². The molecule has 19 heavy (non-hydrogen) atoms. The first-order chi connectivity index (χ1) is 8.71. The van der Waals surface area contributed by atoms with Crippen LogP contribution in [-0.2, 0) is 9.22 Å². The van der Waals surface area contributed by atoms with Gasteiger partial charge in [-0.1, -0.05) is 41.5 Å². The standard InChI is InChI=1S/C15H31NO2Si/c1-10(2)19(11(3)4,12(5)6)18-14-8-9-15(17)16-13(14)7/h10-14H,8-9H2,1-7H3,(H,16,17)/t13-,14+/m0/s1. The summed E-state index contributed by atoms with van der Waals surface area (Å²) < 4.78 is 6.75. The Morgan fingerprint density at radius 1 is 1.11 bits per heavy atom. The van der Waals surface area contributed by atoms with Gasteiger partial charge < -0.3 is 9.74 Å². The number of hydrogen-bond donors (Lipinski definition) is 1. The van der Waals surface area contributed by atoms with E-state index in [1.54, 1.807) is 0 Å². The van der Waals surface area contributed by atoms with Crippen LogP contribution in [0, 0.1) is 0 Å². The second-order valence-electron chi connectivity index (χ2n) is 6.87. The maximum atomic E-state index is 11.4. The largest absolute Gasteiger partial charge is 0.411 e. The molecule has 1 rings (SSSR count). The Bertz CT molecular complexity index is 293. The van der Waals surface area contributed by atoms with Crippen LogP contribution in [0.2, 0.25) is 16.6 Å². The molecular weight excluding hydrogens is 254 g/mol. The third kappa shape index (κ3) is 3.40. The molecule has 0 bridgehead atoms. The van der Waals surface area contributed by atoms with Gasteiger partial charge in [-0.05, 0) is 30.0 Å². The van der Waals surface area contributed by atoms with E-state index in [9.17, 15) is 4.79 Å². The summed E-state index contributed by atoms with van der Waals surface area (Å²) in [6.45, 7) is 15.9. The highest BCUT2D eigenvalue weighted by atomic mass is 28.4. The fraction of sp³-hybridized carbons (Fsp3) is 0.933. The van der Waals surface area contributed by atoms with Gasteiger partial charge in [0, 0.05) is 6.42 Å².